The van der Waals surface area contributed by atoms with E-state index in [1.54, 1.807) is 18.5 Å². The Labute approximate surface area is 77.8 Å². The van der Waals surface area contributed by atoms with Crippen molar-refractivity contribution in [2.45, 2.75) is 24.6 Å². The van der Waals surface area contributed by atoms with E-state index in [1.807, 2.05) is 13.8 Å². The van der Waals surface area contributed by atoms with Crippen LogP contribution in [0.25, 0.3) is 0 Å². The number of nitrogens with two attached hydrogens (primary N) is 1. The van der Waals surface area contributed by atoms with Crippen molar-refractivity contribution in [2.24, 2.45) is 5.73 Å². The molecular weight excluding hydrogens is 170 g/mol. The van der Waals surface area contributed by atoms with Crippen LogP contribution in [0.15, 0.2) is 18.5 Å². The van der Waals surface area contributed by atoms with Crippen molar-refractivity contribution in [3.63, 3.8) is 0 Å². The first-order valence-electron chi connectivity index (χ1n) is 3.76. The van der Waals surface area contributed by atoms with E-state index in [9.17, 15) is 0 Å². The quantitative estimate of drug-likeness (QED) is 0.677. The van der Waals surface area contributed by atoms with E-state index in [0.29, 0.717) is 5.82 Å². The van der Waals surface area contributed by atoms with Crippen molar-refractivity contribution in [2.75, 3.05) is 0 Å². The number of nitrogens with zero attached hydrogens (tertiary/aromatic N) is 2. The number of aromatic nitrogens is 2. The topological polar surface area (TPSA) is 51.8 Å². The molecule has 0 aromatic carbocycles. The molecule has 0 saturated carbocycles. The molecule has 0 spiro atoms. The van der Waals surface area contributed by atoms with Gasteiger partial charge in [0.1, 0.15) is 5.82 Å². The van der Waals surface area contributed by atoms with E-state index < -0.39 is 0 Å². The maximum atomic E-state index is 5.87. The number of hydrogen-bond acceptors (Lipinski definition) is 4. The van der Waals surface area contributed by atoms with Crippen LogP contribution in [0.3, 0.4) is 0 Å². The first-order chi connectivity index (χ1) is 5.52. The van der Waals surface area contributed by atoms with E-state index in [2.05, 4.69) is 22.6 Å². The summed E-state index contributed by atoms with van der Waals surface area (Å²) in [7, 11) is 0. The van der Waals surface area contributed by atoms with Crippen LogP contribution in [0.4, 0.5) is 0 Å². The van der Waals surface area contributed by atoms with Gasteiger partial charge in [-0.2, -0.15) is 12.6 Å². The van der Waals surface area contributed by atoms with E-state index in [4.69, 9.17) is 5.73 Å². The molecule has 0 aliphatic carbocycles. The fraction of sp³-hybridized carbons (Fsp3) is 0.500. The lowest BCUT2D eigenvalue weighted by Gasteiger charge is -2.24. The highest BCUT2D eigenvalue weighted by atomic mass is 32.1. The van der Waals surface area contributed by atoms with E-state index in [-0.39, 0.29) is 10.8 Å². The Morgan fingerprint density at radius 1 is 1.42 bits per heavy atom. The summed E-state index contributed by atoms with van der Waals surface area (Å²) < 4.78 is -0.290. The zero-order chi connectivity index (χ0) is 9.19. The average molecular weight is 183 g/mol. The van der Waals surface area contributed by atoms with Gasteiger partial charge in [-0.25, -0.2) is 9.97 Å². The smallest absolute Gasteiger partial charge is 0.146 e. The summed E-state index contributed by atoms with van der Waals surface area (Å²) in [5.41, 5.74) is 5.87. The van der Waals surface area contributed by atoms with Gasteiger partial charge >= 0.3 is 0 Å². The largest absolute Gasteiger partial charge is 0.320 e. The van der Waals surface area contributed by atoms with Crippen LogP contribution in [-0.2, 0) is 0 Å². The first-order valence-corrected chi connectivity index (χ1v) is 4.21. The molecule has 1 rings (SSSR count). The Kier molecular flexibility index (Phi) is 2.69. The molecule has 66 valence electrons. The van der Waals surface area contributed by atoms with Crippen LogP contribution in [0, 0.1) is 0 Å². The van der Waals surface area contributed by atoms with Gasteiger partial charge in [-0.3, -0.25) is 0 Å². The molecule has 0 saturated heterocycles. The summed E-state index contributed by atoms with van der Waals surface area (Å²) in [6, 6.07) is 1.53. The van der Waals surface area contributed by atoms with Crippen LogP contribution >= 0.6 is 12.6 Å². The fourth-order valence-corrected chi connectivity index (χ4v) is 0.903. The summed E-state index contributed by atoms with van der Waals surface area (Å²) in [4.78, 5) is 8.12. The first kappa shape index (κ1) is 9.48. The average Bonchev–Trinajstić information content (AvgIpc) is 2.03. The van der Waals surface area contributed by atoms with Crippen LogP contribution in [-0.4, -0.2) is 14.7 Å². The van der Waals surface area contributed by atoms with Gasteiger partial charge in [0.25, 0.3) is 0 Å². The molecule has 1 aromatic heterocycles. The molecule has 2 N–H and O–H groups in total. The van der Waals surface area contributed by atoms with Gasteiger partial charge in [-0.05, 0) is 19.9 Å². The van der Waals surface area contributed by atoms with Gasteiger partial charge in [0.05, 0.1) is 6.04 Å². The third-order valence-electron chi connectivity index (χ3n) is 1.63. The Morgan fingerprint density at radius 2 is 1.92 bits per heavy atom. The predicted octanol–water partition coefficient (Wildman–Crippen LogP) is 1.18. The highest BCUT2D eigenvalue weighted by Crippen LogP contribution is 2.25. The molecule has 0 amide bonds. The van der Waals surface area contributed by atoms with Gasteiger partial charge in [0.2, 0.25) is 0 Å². The third-order valence-corrected chi connectivity index (χ3v) is 1.90. The molecule has 1 heterocycles. The van der Waals surface area contributed by atoms with Gasteiger partial charge in [-0.1, -0.05) is 0 Å². The van der Waals surface area contributed by atoms with E-state index in [0.717, 1.165) is 0 Å². The molecule has 1 aromatic rings. The minimum Gasteiger partial charge on any atom is -0.320 e. The summed E-state index contributed by atoms with van der Waals surface area (Å²) >= 11 is 4.36. The second-order valence-corrected chi connectivity index (χ2v) is 4.39. The van der Waals surface area contributed by atoms with Crippen LogP contribution in [0.5, 0.6) is 0 Å². The molecule has 3 nitrogen and oxygen atoms in total. The minimum absolute atomic E-state index is 0.234. The molecule has 0 radical (unpaired) electrons. The molecule has 1 atom stereocenters. The highest BCUT2D eigenvalue weighted by Gasteiger charge is 2.25. The van der Waals surface area contributed by atoms with Crippen LogP contribution in [0.2, 0.25) is 0 Å². The normalized spacial score (nSPS) is 14.3. The summed E-state index contributed by atoms with van der Waals surface area (Å²) in [5, 5.41) is 0. The van der Waals surface area contributed by atoms with Gasteiger partial charge < -0.3 is 5.73 Å². The number of rotatable bonds is 2. The summed E-state index contributed by atoms with van der Waals surface area (Å²) in [6.07, 6.45) is 3.36. The third kappa shape index (κ3) is 2.19. The van der Waals surface area contributed by atoms with E-state index in [1.165, 1.54) is 0 Å². The Morgan fingerprint density at radius 3 is 2.33 bits per heavy atom. The molecule has 0 aliphatic rings. The molecular formula is C8H13N3S. The standard InChI is InChI=1S/C8H13N3S/c1-8(2,12)6(9)7-10-4-3-5-11-7/h3-6,12H,9H2,1-2H3/t6-/m1/s1. The van der Waals surface area contributed by atoms with Crippen molar-refractivity contribution in [3.05, 3.63) is 24.3 Å². The Balaban J connectivity index is 2.86. The van der Waals surface area contributed by atoms with Gasteiger partial charge in [-0.15, -0.1) is 0 Å². The lowest BCUT2D eigenvalue weighted by molar-refractivity contribution is 0.538. The lowest BCUT2D eigenvalue weighted by atomic mass is 10.0. The molecule has 0 bridgehead atoms. The Bertz CT molecular complexity index is 242. The fourth-order valence-electron chi connectivity index (χ4n) is 0.787. The molecule has 0 fully saturated rings. The molecule has 0 unspecified atom stereocenters. The maximum Gasteiger partial charge on any atom is 0.146 e. The zero-order valence-electron chi connectivity index (χ0n) is 7.23. The second kappa shape index (κ2) is 3.41. The maximum absolute atomic E-state index is 5.87. The van der Waals surface area contributed by atoms with Gasteiger partial charge in [0, 0.05) is 17.1 Å². The van der Waals surface area contributed by atoms with Crippen molar-refractivity contribution in [1.29, 1.82) is 0 Å². The second-order valence-electron chi connectivity index (χ2n) is 3.24. The van der Waals surface area contributed by atoms with Crippen molar-refractivity contribution < 1.29 is 0 Å². The van der Waals surface area contributed by atoms with Crippen LogP contribution in [0.1, 0.15) is 25.7 Å². The monoisotopic (exact) mass is 183 g/mol. The summed E-state index contributed by atoms with van der Waals surface area (Å²) in [6.45, 7) is 3.88. The highest BCUT2D eigenvalue weighted by molar-refractivity contribution is 7.81. The summed E-state index contributed by atoms with van der Waals surface area (Å²) in [5.74, 6) is 0.637. The zero-order valence-corrected chi connectivity index (χ0v) is 8.12. The number of thiol groups is 1. The van der Waals surface area contributed by atoms with Crippen molar-refractivity contribution >= 4 is 12.6 Å². The molecule has 0 aliphatic heterocycles. The Hall–Kier alpha value is -0.610. The van der Waals surface area contributed by atoms with Crippen molar-refractivity contribution in [3.8, 4) is 0 Å². The minimum atomic E-state index is -0.290. The predicted molar refractivity (Wildman–Crippen MR) is 52.0 cm³/mol. The van der Waals surface area contributed by atoms with Crippen molar-refractivity contribution in [1.82, 2.24) is 9.97 Å². The molecule has 12 heavy (non-hydrogen) atoms. The van der Waals surface area contributed by atoms with Crippen LogP contribution < -0.4 is 5.73 Å². The van der Waals surface area contributed by atoms with Gasteiger partial charge in [0.15, 0.2) is 0 Å². The molecule has 4 heteroatoms. The SMILES string of the molecule is CC(C)(S)[C@H](N)c1ncccn1. The lowest BCUT2D eigenvalue weighted by Crippen LogP contribution is -2.31. The number of hydrogen-bond donors (Lipinski definition) is 2. The van der Waals surface area contributed by atoms with E-state index >= 15 is 0 Å².